The number of benzene rings is 1. The fraction of sp³-hybridized carbons (Fsp3) is 0.500. The molecule has 1 heterocycles. The highest BCUT2D eigenvalue weighted by Gasteiger charge is 2.17. The largest absolute Gasteiger partial charge is 0.494 e. The molecule has 1 saturated heterocycles. The van der Waals surface area contributed by atoms with Crippen LogP contribution in [0.4, 0.5) is 5.69 Å². The van der Waals surface area contributed by atoms with E-state index in [2.05, 4.69) is 10.6 Å². The molecule has 4 nitrogen and oxygen atoms in total. The van der Waals surface area contributed by atoms with Crippen molar-refractivity contribution < 1.29 is 9.53 Å². The topological polar surface area (TPSA) is 50.4 Å². The Morgan fingerprint density at radius 1 is 1.53 bits per heavy atom. The summed E-state index contributed by atoms with van der Waals surface area (Å²) in [5, 5.41) is 6.19. The number of halogens is 1. The van der Waals surface area contributed by atoms with Crippen LogP contribution >= 0.6 is 12.4 Å². The van der Waals surface area contributed by atoms with E-state index in [4.69, 9.17) is 4.74 Å². The predicted octanol–water partition coefficient (Wildman–Crippen LogP) is 2.45. The van der Waals surface area contributed by atoms with Gasteiger partial charge in [-0.25, -0.2) is 0 Å². The number of carbonyl (C=O) groups is 1. The number of rotatable bonds is 5. The van der Waals surface area contributed by atoms with E-state index in [0.29, 0.717) is 18.9 Å². The fourth-order valence-corrected chi connectivity index (χ4v) is 2.19. The summed E-state index contributed by atoms with van der Waals surface area (Å²) in [6.45, 7) is 4.55. The first-order valence-electron chi connectivity index (χ1n) is 6.51. The summed E-state index contributed by atoms with van der Waals surface area (Å²) in [5.74, 6) is 1.34. The van der Waals surface area contributed by atoms with Crippen LogP contribution in [0.2, 0.25) is 0 Å². The number of hydrogen-bond donors (Lipinski definition) is 2. The van der Waals surface area contributed by atoms with Crippen LogP contribution in [0.1, 0.15) is 19.8 Å². The van der Waals surface area contributed by atoms with Gasteiger partial charge in [-0.3, -0.25) is 4.79 Å². The second-order valence-electron chi connectivity index (χ2n) is 4.57. The van der Waals surface area contributed by atoms with Gasteiger partial charge < -0.3 is 15.4 Å². The maximum Gasteiger partial charge on any atom is 0.224 e. The van der Waals surface area contributed by atoms with E-state index in [0.717, 1.165) is 30.9 Å². The molecule has 1 fully saturated rings. The second kappa shape index (κ2) is 8.02. The fourth-order valence-electron chi connectivity index (χ4n) is 2.19. The van der Waals surface area contributed by atoms with E-state index in [1.54, 1.807) is 0 Å². The second-order valence-corrected chi connectivity index (χ2v) is 4.57. The minimum atomic E-state index is 0. The Morgan fingerprint density at radius 2 is 2.37 bits per heavy atom. The van der Waals surface area contributed by atoms with Crippen molar-refractivity contribution >= 4 is 24.0 Å². The number of anilines is 1. The molecule has 106 valence electrons. The maximum absolute atomic E-state index is 11.9. The molecule has 2 N–H and O–H groups in total. The van der Waals surface area contributed by atoms with E-state index in [1.165, 1.54) is 0 Å². The summed E-state index contributed by atoms with van der Waals surface area (Å²) < 4.78 is 5.40. The minimum absolute atomic E-state index is 0. The Kier molecular flexibility index (Phi) is 6.67. The summed E-state index contributed by atoms with van der Waals surface area (Å²) in [6, 6.07) is 7.51. The first-order chi connectivity index (χ1) is 8.78. The lowest BCUT2D eigenvalue weighted by Crippen LogP contribution is -2.18. The third-order valence-corrected chi connectivity index (χ3v) is 3.07. The Balaban J connectivity index is 0.00000180. The van der Waals surface area contributed by atoms with Crippen LogP contribution in [0.5, 0.6) is 5.75 Å². The number of nitrogens with one attached hydrogen (secondary N) is 2. The number of ether oxygens (including phenoxy) is 1. The predicted molar refractivity (Wildman–Crippen MR) is 79.1 cm³/mol. The normalized spacial score (nSPS) is 17.6. The molecule has 0 aliphatic carbocycles. The van der Waals surface area contributed by atoms with E-state index in [-0.39, 0.29) is 18.3 Å². The highest BCUT2D eigenvalue weighted by molar-refractivity contribution is 5.91. The minimum Gasteiger partial charge on any atom is -0.494 e. The molecule has 5 heteroatoms. The Hall–Kier alpha value is -1.26. The molecule has 1 aromatic rings. The lowest BCUT2D eigenvalue weighted by Gasteiger charge is -2.10. The molecule has 0 bridgehead atoms. The van der Waals surface area contributed by atoms with Gasteiger partial charge in [0.05, 0.1) is 6.61 Å². The zero-order chi connectivity index (χ0) is 12.8. The Bertz CT molecular complexity index is 406. The van der Waals surface area contributed by atoms with E-state index < -0.39 is 0 Å². The molecular formula is C14H21ClN2O2. The van der Waals surface area contributed by atoms with Gasteiger partial charge in [-0.2, -0.15) is 0 Å². The molecule has 1 aliphatic heterocycles. The number of hydrogen-bond acceptors (Lipinski definition) is 3. The molecule has 1 aliphatic rings. The maximum atomic E-state index is 11.9. The molecular weight excluding hydrogens is 264 g/mol. The van der Waals surface area contributed by atoms with Gasteiger partial charge in [-0.15, -0.1) is 12.4 Å². The van der Waals surface area contributed by atoms with Crippen LogP contribution in [0.15, 0.2) is 24.3 Å². The van der Waals surface area contributed by atoms with Crippen molar-refractivity contribution in [2.24, 2.45) is 5.92 Å². The quantitative estimate of drug-likeness (QED) is 0.873. The van der Waals surface area contributed by atoms with Crippen molar-refractivity contribution in [2.75, 3.05) is 25.0 Å². The van der Waals surface area contributed by atoms with Gasteiger partial charge in [0.2, 0.25) is 5.91 Å². The van der Waals surface area contributed by atoms with Gasteiger partial charge in [0.1, 0.15) is 5.75 Å². The lowest BCUT2D eigenvalue weighted by atomic mass is 10.0. The molecule has 19 heavy (non-hydrogen) atoms. The standard InChI is InChI=1S/C14H20N2O2.ClH/c1-2-18-13-5-3-4-12(9-13)16-14(17)8-11-6-7-15-10-11;/h3-5,9,11,15H,2,6-8,10H2,1H3,(H,16,17);1H. The van der Waals surface area contributed by atoms with Gasteiger partial charge in [0.15, 0.2) is 0 Å². The van der Waals surface area contributed by atoms with E-state index >= 15 is 0 Å². The molecule has 1 unspecified atom stereocenters. The van der Waals surface area contributed by atoms with Gasteiger partial charge in [-0.1, -0.05) is 6.07 Å². The smallest absolute Gasteiger partial charge is 0.224 e. The molecule has 1 aromatic carbocycles. The SMILES string of the molecule is CCOc1cccc(NC(=O)CC2CCNC2)c1.Cl. The van der Waals surface area contributed by atoms with Gasteiger partial charge >= 0.3 is 0 Å². The first kappa shape index (κ1) is 15.8. The van der Waals surface area contributed by atoms with Crippen LogP contribution in [0.3, 0.4) is 0 Å². The van der Waals surface area contributed by atoms with Crippen molar-refractivity contribution in [3.05, 3.63) is 24.3 Å². The molecule has 2 rings (SSSR count). The summed E-state index contributed by atoms with van der Waals surface area (Å²) in [4.78, 5) is 11.9. The molecule has 0 spiro atoms. The first-order valence-corrected chi connectivity index (χ1v) is 6.51. The molecule has 0 saturated carbocycles. The monoisotopic (exact) mass is 284 g/mol. The molecule has 1 atom stereocenters. The number of amides is 1. The van der Waals surface area contributed by atoms with Crippen molar-refractivity contribution in [1.29, 1.82) is 0 Å². The number of carbonyl (C=O) groups excluding carboxylic acids is 1. The molecule has 1 amide bonds. The lowest BCUT2D eigenvalue weighted by molar-refractivity contribution is -0.116. The highest BCUT2D eigenvalue weighted by atomic mass is 35.5. The van der Waals surface area contributed by atoms with Crippen LogP contribution in [-0.2, 0) is 4.79 Å². The van der Waals surface area contributed by atoms with Crippen molar-refractivity contribution in [3.8, 4) is 5.75 Å². The van der Waals surface area contributed by atoms with E-state index in [1.807, 2.05) is 31.2 Å². The highest BCUT2D eigenvalue weighted by Crippen LogP contribution is 2.19. The van der Waals surface area contributed by atoms with Crippen LogP contribution in [-0.4, -0.2) is 25.6 Å². The van der Waals surface area contributed by atoms with Gasteiger partial charge in [0.25, 0.3) is 0 Å². The van der Waals surface area contributed by atoms with Crippen molar-refractivity contribution in [2.45, 2.75) is 19.8 Å². The summed E-state index contributed by atoms with van der Waals surface area (Å²) >= 11 is 0. The molecule has 0 radical (unpaired) electrons. The third-order valence-electron chi connectivity index (χ3n) is 3.07. The summed E-state index contributed by atoms with van der Waals surface area (Å²) in [6.07, 6.45) is 1.68. The van der Waals surface area contributed by atoms with Crippen molar-refractivity contribution in [3.63, 3.8) is 0 Å². The van der Waals surface area contributed by atoms with Gasteiger partial charge in [0, 0.05) is 18.2 Å². The van der Waals surface area contributed by atoms with Crippen LogP contribution in [0.25, 0.3) is 0 Å². The van der Waals surface area contributed by atoms with Crippen molar-refractivity contribution in [1.82, 2.24) is 5.32 Å². The van der Waals surface area contributed by atoms with Gasteiger partial charge in [-0.05, 0) is 44.5 Å². The summed E-state index contributed by atoms with van der Waals surface area (Å²) in [7, 11) is 0. The van der Waals surface area contributed by atoms with Crippen LogP contribution in [0, 0.1) is 5.92 Å². The Morgan fingerprint density at radius 3 is 3.05 bits per heavy atom. The zero-order valence-electron chi connectivity index (χ0n) is 11.1. The third kappa shape index (κ3) is 5.09. The Labute approximate surface area is 120 Å². The average molecular weight is 285 g/mol. The average Bonchev–Trinajstić information content (AvgIpc) is 2.82. The zero-order valence-corrected chi connectivity index (χ0v) is 12.0. The van der Waals surface area contributed by atoms with Crippen LogP contribution < -0.4 is 15.4 Å². The molecule has 0 aromatic heterocycles. The van der Waals surface area contributed by atoms with E-state index in [9.17, 15) is 4.79 Å². The summed E-state index contributed by atoms with van der Waals surface area (Å²) in [5.41, 5.74) is 0.803.